The molecular formula is C29H36N2O5. The number of likely N-dealkylation sites (tertiary alicyclic amines) is 1. The van der Waals surface area contributed by atoms with Crippen molar-refractivity contribution in [1.82, 2.24) is 10.2 Å². The van der Waals surface area contributed by atoms with E-state index < -0.39 is 29.6 Å². The molecular weight excluding hydrogens is 456 g/mol. The van der Waals surface area contributed by atoms with Crippen LogP contribution in [0.25, 0.3) is 0 Å². The zero-order chi connectivity index (χ0) is 26.3. The van der Waals surface area contributed by atoms with E-state index in [4.69, 9.17) is 4.74 Å². The number of hydrogen-bond donors (Lipinski definition) is 1. The summed E-state index contributed by atoms with van der Waals surface area (Å²) >= 11 is 0. The van der Waals surface area contributed by atoms with Crippen LogP contribution < -0.4 is 5.32 Å². The smallest absolute Gasteiger partial charge is 0.329 e. The normalized spacial score (nSPS) is 17.2. The molecule has 0 bridgehead atoms. The van der Waals surface area contributed by atoms with Gasteiger partial charge in [0.15, 0.2) is 5.78 Å². The Morgan fingerprint density at radius 1 is 1.00 bits per heavy atom. The molecule has 0 aliphatic carbocycles. The highest BCUT2D eigenvalue weighted by molar-refractivity contribution is 5.99. The molecule has 3 rings (SSSR count). The predicted octanol–water partition coefficient (Wildman–Crippen LogP) is 3.96. The maximum Gasteiger partial charge on any atom is 0.329 e. The van der Waals surface area contributed by atoms with Gasteiger partial charge in [0.25, 0.3) is 5.91 Å². The van der Waals surface area contributed by atoms with Gasteiger partial charge in [-0.15, -0.1) is 0 Å². The van der Waals surface area contributed by atoms with Crippen LogP contribution in [-0.2, 0) is 25.5 Å². The van der Waals surface area contributed by atoms with Crippen molar-refractivity contribution in [2.24, 2.45) is 5.92 Å². The van der Waals surface area contributed by atoms with Crippen LogP contribution in [0.2, 0.25) is 0 Å². The van der Waals surface area contributed by atoms with Crippen molar-refractivity contribution in [3.63, 3.8) is 0 Å². The summed E-state index contributed by atoms with van der Waals surface area (Å²) in [7, 11) is 0. The van der Waals surface area contributed by atoms with Crippen molar-refractivity contribution in [3.8, 4) is 0 Å². The van der Waals surface area contributed by atoms with E-state index in [1.54, 1.807) is 56.9 Å². The molecule has 3 atom stereocenters. The molecule has 1 saturated heterocycles. The summed E-state index contributed by atoms with van der Waals surface area (Å²) in [5.41, 5.74) is 0.731. The van der Waals surface area contributed by atoms with Crippen LogP contribution in [0.3, 0.4) is 0 Å². The lowest BCUT2D eigenvalue weighted by molar-refractivity contribution is -0.163. The standard InChI is InChI=1S/C29H36N2O5/c1-20(27(34)31-17-11-16-24(31)28(35)36-29(2,3)4)18-25(32)23(19-21-12-7-5-8-13-21)30-26(33)22-14-9-6-10-15-22/h5-10,12-15,20,23-24H,11,16-19H2,1-4H3,(H,30,33)/t20-,23+,24-/m0/s1. The van der Waals surface area contributed by atoms with E-state index in [-0.39, 0.29) is 24.0 Å². The number of Topliss-reactive ketones (excluding diaryl/α,β-unsaturated/α-hetero) is 1. The highest BCUT2D eigenvalue weighted by Gasteiger charge is 2.39. The van der Waals surface area contributed by atoms with Gasteiger partial charge in [-0.3, -0.25) is 14.4 Å². The summed E-state index contributed by atoms with van der Waals surface area (Å²) in [6.45, 7) is 7.54. The number of hydrogen-bond acceptors (Lipinski definition) is 5. The molecule has 2 aromatic carbocycles. The topological polar surface area (TPSA) is 92.8 Å². The Morgan fingerprint density at radius 3 is 2.22 bits per heavy atom. The van der Waals surface area contributed by atoms with Crippen LogP contribution in [0.5, 0.6) is 0 Å². The molecule has 0 aromatic heterocycles. The van der Waals surface area contributed by atoms with Crippen LogP contribution in [0.1, 0.15) is 62.9 Å². The highest BCUT2D eigenvalue weighted by Crippen LogP contribution is 2.24. The van der Waals surface area contributed by atoms with Gasteiger partial charge in [-0.05, 0) is 57.7 Å². The van der Waals surface area contributed by atoms with E-state index >= 15 is 0 Å². The molecule has 1 N–H and O–H groups in total. The molecule has 2 aromatic rings. The molecule has 1 aliphatic heterocycles. The fourth-order valence-electron chi connectivity index (χ4n) is 4.39. The van der Waals surface area contributed by atoms with Crippen LogP contribution in [0.4, 0.5) is 0 Å². The molecule has 192 valence electrons. The minimum absolute atomic E-state index is 0.0387. The predicted molar refractivity (Wildman–Crippen MR) is 137 cm³/mol. The van der Waals surface area contributed by atoms with Gasteiger partial charge in [0.1, 0.15) is 11.6 Å². The summed E-state index contributed by atoms with van der Waals surface area (Å²) in [6, 6.07) is 16.8. The Morgan fingerprint density at radius 2 is 1.61 bits per heavy atom. The second kappa shape index (κ2) is 12.0. The molecule has 36 heavy (non-hydrogen) atoms. The number of carbonyl (C=O) groups is 4. The van der Waals surface area contributed by atoms with Gasteiger partial charge in [-0.1, -0.05) is 55.5 Å². The van der Waals surface area contributed by atoms with Gasteiger partial charge in [-0.25, -0.2) is 4.79 Å². The average molecular weight is 493 g/mol. The monoisotopic (exact) mass is 492 g/mol. The van der Waals surface area contributed by atoms with Gasteiger partial charge >= 0.3 is 5.97 Å². The summed E-state index contributed by atoms with van der Waals surface area (Å²) in [6.07, 6.45) is 1.54. The van der Waals surface area contributed by atoms with Crippen LogP contribution in [0, 0.1) is 5.92 Å². The molecule has 1 heterocycles. The third-order valence-electron chi connectivity index (χ3n) is 6.16. The maximum atomic E-state index is 13.4. The average Bonchev–Trinajstić information content (AvgIpc) is 3.33. The largest absolute Gasteiger partial charge is 0.458 e. The summed E-state index contributed by atoms with van der Waals surface area (Å²) in [4.78, 5) is 53.7. The van der Waals surface area contributed by atoms with E-state index in [2.05, 4.69) is 5.32 Å². The van der Waals surface area contributed by atoms with Gasteiger partial charge < -0.3 is 15.0 Å². The van der Waals surface area contributed by atoms with Crippen molar-refractivity contribution in [2.45, 2.75) is 71.1 Å². The molecule has 7 heteroatoms. The minimum Gasteiger partial charge on any atom is -0.458 e. The van der Waals surface area contributed by atoms with Crippen molar-refractivity contribution < 1.29 is 23.9 Å². The van der Waals surface area contributed by atoms with Crippen LogP contribution >= 0.6 is 0 Å². The first-order valence-corrected chi connectivity index (χ1v) is 12.5. The second-order valence-corrected chi connectivity index (χ2v) is 10.4. The van der Waals surface area contributed by atoms with E-state index in [0.29, 0.717) is 31.4 Å². The second-order valence-electron chi connectivity index (χ2n) is 10.4. The summed E-state index contributed by atoms with van der Waals surface area (Å²) in [5, 5.41) is 2.86. The van der Waals surface area contributed by atoms with Crippen LogP contribution in [-0.4, -0.2) is 52.7 Å². The Bertz CT molecular complexity index is 1060. The van der Waals surface area contributed by atoms with E-state index in [9.17, 15) is 19.2 Å². The summed E-state index contributed by atoms with van der Waals surface area (Å²) < 4.78 is 5.51. The Kier molecular flexibility index (Phi) is 9.02. The molecule has 0 saturated carbocycles. The van der Waals surface area contributed by atoms with Crippen LogP contribution in [0.15, 0.2) is 60.7 Å². The summed E-state index contributed by atoms with van der Waals surface area (Å²) in [5.74, 6) is -1.86. The third kappa shape index (κ3) is 7.51. The molecule has 1 fully saturated rings. The number of carbonyl (C=O) groups excluding carboxylic acids is 4. The maximum absolute atomic E-state index is 13.4. The molecule has 0 spiro atoms. The number of ketones is 1. The zero-order valence-corrected chi connectivity index (χ0v) is 21.5. The molecule has 1 aliphatic rings. The number of ether oxygens (including phenoxy) is 1. The SMILES string of the molecule is C[C@@H](CC(=O)[C@@H](Cc1ccccc1)NC(=O)c1ccccc1)C(=O)N1CCC[C@H]1C(=O)OC(C)(C)C. The fraction of sp³-hybridized carbons (Fsp3) is 0.448. The first-order chi connectivity index (χ1) is 17.0. The number of nitrogens with zero attached hydrogens (tertiary/aromatic N) is 1. The van der Waals surface area contributed by atoms with Crippen molar-refractivity contribution in [3.05, 3.63) is 71.8 Å². The number of amides is 2. The van der Waals surface area contributed by atoms with Gasteiger partial charge in [0, 0.05) is 24.4 Å². The van der Waals surface area contributed by atoms with E-state index in [1.165, 1.54) is 0 Å². The van der Waals surface area contributed by atoms with Gasteiger partial charge in [0.2, 0.25) is 5.91 Å². The Balaban J connectivity index is 1.70. The molecule has 0 radical (unpaired) electrons. The number of nitrogens with one attached hydrogen (secondary N) is 1. The lowest BCUT2D eigenvalue weighted by Gasteiger charge is -2.29. The quantitative estimate of drug-likeness (QED) is 0.535. The van der Waals surface area contributed by atoms with Crippen molar-refractivity contribution in [2.75, 3.05) is 6.54 Å². The Labute approximate surface area is 213 Å². The molecule has 7 nitrogen and oxygen atoms in total. The lowest BCUT2D eigenvalue weighted by atomic mass is 9.94. The van der Waals surface area contributed by atoms with Gasteiger partial charge in [-0.2, -0.15) is 0 Å². The number of benzene rings is 2. The lowest BCUT2D eigenvalue weighted by Crippen LogP contribution is -2.47. The highest BCUT2D eigenvalue weighted by atomic mass is 16.6. The van der Waals surface area contributed by atoms with Gasteiger partial charge in [0.05, 0.1) is 6.04 Å². The Hall–Kier alpha value is -3.48. The van der Waals surface area contributed by atoms with E-state index in [1.807, 2.05) is 36.4 Å². The third-order valence-corrected chi connectivity index (χ3v) is 6.16. The number of esters is 1. The number of rotatable bonds is 9. The minimum atomic E-state index is -0.782. The first kappa shape index (κ1) is 27.1. The molecule has 2 amide bonds. The van der Waals surface area contributed by atoms with Crippen molar-refractivity contribution in [1.29, 1.82) is 0 Å². The van der Waals surface area contributed by atoms with E-state index in [0.717, 1.165) is 5.56 Å². The first-order valence-electron chi connectivity index (χ1n) is 12.5. The zero-order valence-electron chi connectivity index (χ0n) is 21.5. The molecule has 0 unspecified atom stereocenters. The fourth-order valence-corrected chi connectivity index (χ4v) is 4.39. The van der Waals surface area contributed by atoms with Crippen molar-refractivity contribution >= 4 is 23.6 Å².